The number of Topliss-reactive ketones (excluding diaryl/α,β-unsaturated/α-hetero) is 1. The molecule has 0 aliphatic carbocycles. The molecule has 0 bridgehead atoms. The van der Waals surface area contributed by atoms with Crippen LogP contribution in [-0.2, 0) is 4.74 Å². The van der Waals surface area contributed by atoms with E-state index in [-0.39, 0.29) is 15.3 Å². The molecule has 2 aromatic rings. The molecule has 3 heteroatoms. The number of ether oxygens (including phenoxy) is 1. The molecule has 1 heterocycles. The predicted octanol–water partition coefficient (Wildman–Crippen LogP) is 5.28. The van der Waals surface area contributed by atoms with Gasteiger partial charge in [-0.15, -0.1) is 0 Å². The summed E-state index contributed by atoms with van der Waals surface area (Å²) >= 11 is 2.39. The fraction of sp³-hybridized carbons (Fsp3) is 0.250. The first-order valence-electron chi connectivity index (χ1n) is 7.70. The predicted molar refractivity (Wildman–Crippen MR) is 102 cm³/mol. The van der Waals surface area contributed by atoms with Crippen LogP contribution in [0.2, 0.25) is 0 Å². The summed E-state index contributed by atoms with van der Waals surface area (Å²) in [6.45, 7) is 4.27. The van der Waals surface area contributed by atoms with Crippen LogP contribution in [0, 0.1) is 0 Å². The average molecular weight is 418 g/mol. The number of alkyl halides is 1. The van der Waals surface area contributed by atoms with E-state index in [2.05, 4.69) is 36.4 Å². The first-order chi connectivity index (χ1) is 11.0. The fourth-order valence-electron chi connectivity index (χ4n) is 2.71. The highest BCUT2D eigenvalue weighted by atomic mass is 127. The van der Waals surface area contributed by atoms with Gasteiger partial charge in [0, 0.05) is 23.1 Å². The number of carbonyl (C=O) groups excluding carboxylic acids is 1. The Kier molecular flexibility index (Phi) is 4.57. The third-order valence-corrected chi connectivity index (χ3v) is 4.73. The molecule has 1 unspecified atom stereocenters. The molecule has 2 aromatic carbocycles. The molecule has 3 rings (SSSR count). The molecule has 0 saturated carbocycles. The number of halogens is 1. The summed E-state index contributed by atoms with van der Waals surface area (Å²) in [4.78, 5) is 13.0. The van der Waals surface area contributed by atoms with Gasteiger partial charge in [0.25, 0.3) is 0 Å². The van der Waals surface area contributed by atoms with E-state index in [0.717, 1.165) is 16.9 Å². The maximum absolute atomic E-state index is 13.0. The molecule has 23 heavy (non-hydrogen) atoms. The topological polar surface area (TPSA) is 26.3 Å². The van der Waals surface area contributed by atoms with Gasteiger partial charge >= 0.3 is 0 Å². The Morgan fingerprint density at radius 2 is 1.61 bits per heavy atom. The van der Waals surface area contributed by atoms with Crippen LogP contribution in [0.25, 0.3) is 5.76 Å². The molecule has 0 spiro atoms. The zero-order chi connectivity index (χ0) is 16.4. The lowest BCUT2D eigenvalue weighted by molar-refractivity contribution is 0.103. The molecule has 1 aliphatic rings. The van der Waals surface area contributed by atoms with Gasteiger partial charge in [-0.3, -0.25) is 4.79 Å². The Hall–Kier alpha value is -1.62. The molecule has 1 atom stereocenters. The summed E-state index contributed by atoms with van der Waals surface area (Å²) in [6.07, 6.45) is 0.648. The van der Waals surface area contributed by atoms with Gasteiger partial charge in [-0.2, -0.15) is 0 Å². The highest BCUT2D eigenvalue weighted by molar-refractivity contribution is 14.1. The van der Waals surface area contributed by atoms with Crippen molar-refractivity contribution in [2.45, 2.75) is 29.8 Å². The standard InChI is InChI=1S/C20H19IO2/c1-20(2,21)17-13-16(18(22)14-9-5-3-6-10-14)19(23-17)15-11-7-4-8-12-15/h3-12,17H,13H2,1-2H3. The van der Waals surface area contributed by atoms with Crippen LogP contribution >= 0.6 is 22.6 Å². The molecule has 0 radical (unpaired) electrons. The van der Waals surface area contributed by atoms with Crippen LogP contribution in [0.15, 0.2) is 66.2 Å². The SMILES string of the molecule is CC(C)(I)C1CC(C(=O)c2ccccc2)=C(c2ccccc2)O1. The Bertz CT molecular complexity index is 727. The largest absolute Gasteiger partial charge is 0.488 e. The monoisotopic (exact) mass is 418 g/mol. The molecular weight excluding hydrogens is 399 g/mol. The van der Waals surface area contributed by atoms with E-state index in [4.69, 9.17) is 4.74 Å². The van der Waals surface area contributed by atoms with Gasteiger partial charge in [0.1, 0.15) is 11.9 Å². The first-order valence-corrected chi connectivity index (χ1v) is 8.78. The van der Waals surface area contributed by atoms with Crippen molar-refractivity contribution < 1.29 is 9.53 Å². The highest BCUT2D eigenvalue weighted by Crippen LogP contribution is 2.41. The van der Waals surface area contributed by atoms with Crippen LogP contribution in [0.4, 0.5) is 0 Å². The van der Waals surface area contributed by atoms with Crippen molar-refractivity contribution in [2.75, 3.05) is 0 Å². The van der Waals surface area contributed by atoms with Crippen LogP contribution in [0.5, 0.6) is 0 Å². The summed E-state index contributed by atoms with van der Waals surface area (Å²) in [5.41, 5.74) is 2.46. The van der Waals surface area contributed by atoms with Crippen molar-refractivity contribution in [3.63, 3.8) is 0 Å². The van der Waals surface area contributed by atoms with Crippen molar-refractivity contribution in [2.24, 2.45) is 0 Å². The Balaban J connectivity index is 2.03. The zero-order valence-electron chi connectivity index (χ0n) is 13.3. The second-order valence-electron chi connectivity index (χ2n) is 6.24. The molecule has 0 saturated heterocycles. The minimum Gasteiger partial charge on any atom is -0.488 e. The molecule has 118 valence electrons. The number of ketones is 1. The van der Waals surface area contributed by atoms with Crippen LogP contribution in [0.3, 0.4) is 0 Å². The molecule has 0 N–H and O–H groups in total. The number of rotatable bonds is 4. The summed E-state index contributed by atoms with van der Waals surface area (Å²) in [5.74, 6) is 0.793. The van der Waals surface area contributed by atoms with Crippen LogP contribution < -0.4 is 0 Å². The summed E-state index contributed by atoms with van der Waals surface area (Å²) in [6, 6.07) is 19.3. The highest BCUT2D eigenvalue weighted by Gasteiger charge is 2.38. The van der Waals surface area contributed by atoms with E-state index in [1.165, 1.54) is 0 Å². The van der Waals surface area contributed by atoms with Crippen LogP contribution in [-0.4, -0.2) is 15.3 Å². The van der Waals surface area contributed by atoms with Crippen molar-refractivity contribution in [1.82, 2.24) is 0 Å². The van der Waals surface area contributed by atoms with Gasteiger partial charge in [0.2, 0.25) is 0 Å². The summed E-state index contributed by atoms with van der Waals surface area (Å²) in [7, 11) is 0. The van der Waals surface area contributed by atoms with E-state index in [1.54, 1.807) is 0 Å². The van der Waals surface area contributed by atoms with Crippen molar-refractivity contribution in [1.29, 1.82) is 0 Å². The van der Waals surface area contributed by atoms with Crippen molar-refractivity contribution in [3.05, 3.63) is 77.4 Å². The Labute approximate surface area is 150 Å². The van der Waals surface area contributed by atoms with Gasteiger partial charge in [0.05, 0.1) is 3.42 Å². The lowest BCUT2D eigenvalue weighted by Crippen LogP contribution is -2.29. The third kappa shape index (κ3) is 3.50. The third-order valence-electron chi connectivity index (χ3n) is 4.04. The average Bonchev–Trinajstić information content (AvgIpc) is 3.01. The summed E-state index contributed by atoms with van der Waals surface area (Å²) in [5, 5.41) is 0. The van der Waals surface area contributed by atoms with E-state index in [0.29, 0.717) is 12.0 Å². The van der Waals surface area contributed by atoms with Gasteiger partial charge in [0.15, 0.2) is 5.78 Å². The van der Waals surface area contributed by atoms with Gasteiger partial charge < -0.3 is 4.74 Å². The maximum atomic E-state index is 13.0. The summed E-state index contributed by atoms with van der Waals surface area (Å²) < 4.78 is 6.17. The van der Waals surface area contributed by atoms with Crippen LogP contribution in [0.1, 0.15) is 36.2 Å². The Morgan fingerprint density at radius 3 is 2.17 bits per heavy atom. The molecular formula is C20H19IO2. The van der Waals surface area contributed by atoms with Gasteiger partial charge in [-0.1, -0.05) is 83.3 Å². The normalized spacial score (nSPS) is 18.0. The number of benzene rings is 2. The van der Waals surface area contributed by atoms with Crippen molar-refractivity contribution >= 4 is 34.1 Å². The number of hydrogen-bond donors (Lipinski definition) is 0. The number of carbonyl (C=O) groups is 1. The van der Waals surface area contributed by atoms with E-state index in [1.807, 2.05) is 60.7 Å². The molecule has 1 aliphatic heterocycles. The molecule has 0 amide bonds. The lowest BCUT2D eigenvalue weighted by Gasteiger charge is -2.25. The van der Waals surface area contributed by atoms with Crippen molar-refractivity contribution in [3.8, 4) is 0 Å². The van der Waals surface area contributed by atoms with E-state index >= 15 is 0 Å². The minimum absolute atomic E-state index is 0.000897. The second kappa shape index (κ2) is 6.48. The maximum Gasteiger partial charge on any atom is 0.192 e. The fourth-order valence-corrected chi connectivity index (χ4v) is 3.05. The lowest BCUT2D eigenvalue weighted by atomic mass is 9.94. The van der Waals surface area contributed by atoms with E-state index < -0.39 is 0 Å². The molecule has 0 aromatic heterocycles. The zero-order valence-corrected chi connectivity index (χ0v) is 15.4. The minimum atomic E-state index is -0.0451. The second-order valence-corrected chi connectivity index (χ2v) is 9.02. The number of hydrogen-bond acceptors (Lipinski definition) is 2. The smallest absolute Gasteiger partial charge is 0.192 e. The quantitative estimate of drug-likeness (QED) is 0.384. The molecule has 2 nitrogen and oxygen atoms in total. The van der Waals surface area contributed by atoms with Gasteiger partial charge in [-0.25, -0.2) is 0 Å². The molecule has 0 fully saturated rings. The van der Waals surface area contributed by atoms with E-state index in [9.17, 15) is 4.79 Å². The van der Waals surface area contributed by atoms with Gasteiger partial charge in [-0.05, 0) is 13.8 Å². The first kappa shape index (κ1) is 16.2. The Morgan fingerprint density at radius 1 is 1.04 bits per heavy atom.